The van der Waals surface area contributed by atoms with Crippen LogP contribution in [0.5, 0.6) is 0 Å². The second kappa shape index (κ2) is 5.27. The molecule has 8 nitrogen and oxygen atoms in total. The van der Waals surface area contributed by atoms with Crippen LogP contribution in [0.4, 0.5) is 17.8 Å². The average molecular weight is 295 g/mol. The number of hydrogen-bond acceptors (Lipinski definition) is 8. The third-order valence-corrected chi connectivity index (χ3v) is 3.12. The van der Waals surface area contributed by atoms with E-state index < -0.39 is 0 Å². The lowest BCUT2D eigenvalue weighted by Gasteiger charge is -2.47. The van der Waals surface area contributed by atoms with Crippen molar-refractivity contribution in [3.05, 3.63) is 0 Å². The van der Waals surface area contributed by atoms with E-state index in [0.29, 0.717) is 30.9 Å². The molecule has 3 N–H and O–H groups in total. The van der Waals surface area contributed by atoms with Gasteiger partial charge in [-0.05, 0) is 27.7 Å². The quantitative estimate of drug-likeness (QED) is 0.619. The first-order chi connectivity index (χ1) is 9.62. The van der Waals surface area contributed by atoms with Crippen molar-refractivity contribution < 1.29 is 4.74 Å². The van der Waals surface area contributed by atoms with Crippen LogP contribution in [0.3, 0.4) is 0 Å². The van der Waals surface area contributed by atoms with Crippen molar-refractivity contribution in [1.82, 2.24) is 15.0 Å². The van der Waals surface area contributed by atoms with E-state index in [-0.39, 0.29) is 11.2 Å². The number of ether oxygens (including phenoxy) is 1. The monoisotopic (exact) mass is 295 g/mol. The highest BCUT2D eigenvalue weighted by Gasteiger charge is 2.39. The molecule has 1 saturated heterocycles. The molecular weight excluding hydrogens is 270 g/mol. The Morgan fingerprint density at radius 2 is 1.67 bits per heavy atom. The van der Waals surface area contributed by atoms with E-state index in [9.17, 15) is 0 Å². The Balaban J connectivity index is 2.38. The SMILES string of the molecule is CN(C)c1nc(NN)nc(N2CC(C)(C)OC(C)(C)C2)n1. The average Bonchev–Trinajstić information content (AvgIpc) is 2.34. The molecule has 0 amide bonds. The van der Waals surface area contributed by atoms with Crippen molar-refractivity contribution in [3.63, 3.8) is 0 Å². The fourth-order valence-corrected chi connectivity index (χ4v) is 2.69. The van der Waals surface area contributed by atoms with Crippen LogP contribution in [0.1, 0.15) is 27.7 Å². The summed E-state index contributed by atoms with van der Waals surface area (Å²) in [4.78, 5) is 17.0. The second-order valence-corrected chi connectivity index (χ2v) is 6.78. The van der Waals surface area contributed by atoms with Gasteiger partial charge in [0.15, 0.2) is 0 Å². The molecule has 0 spiro atoms. The minimum Gasteiger partial charge on any atom is -0.366 e. The zero-order valence-corrected chi connectivity index (χ0v) is 13.6. The molecule has 1 fully saturated rings. The second-order valence-electron chi connectivity index (χ2n) is 6.78. The molecule has 1 aliphatic rings. The lowest BCUT2D eigenvalue weighted by atomic mass is 9.99. The van der Waals surface area contributed by atoms with Crippen LogP contribution in [0.2, 0.25) is 0 Å². The maximum absolute atomic E-state index is 6.08. The van der Waals surface area contributed by atoms with Gasteiger partial charge in [0.25, 0.3) is 0 Å². The van der Waals surface area contributed by atoms with Crippen LogP contribution in [-0.2, 0) is 4.74 Å². The Kier molecular flexibility index (Phi) is 3.94. The molecule has 0 bridgehead atoms. The highest BCUT2D eigenvalue weighted by Crippen LogP contribution is 2.30. The minimum absolute atomic E-state index is 0.275. The Morgan fingerprint density at radius 1 is 1.10 bits per heavy atom. The molecule has 2 rings (SSSR count). The first-order valence-corrected chi connectivity index (χ1v) is 6.97. The summed E-state index contributed by atoms with van der Waals surface area (Å²) in [5, 5.41) is 0. The normalized spacial score (nSPS) is 20.2. The first kappa shape index (κ1) is 15.7. The number of hydrogen-bond donors (Lipinski definition) is 2. The van der Waals surface area contributed by atoms with Gasteiger partial charge < -0.3 is 14.5 Å². The molecule has 21 heavy (non-hydrogen) atoms. The van der Waals surface area contributed by atoms with Gasteiger partial charge in [-0.25, -0.2) is 5.84 Å². The summed E-state index contributed by atoms with van der Waals surface area (Å²) in [5.74, 6) is 6.98. The summed E-state index contributed by atoms with van der Waals surface area (Å²) >= 11 is 0. The van der Waals surface area contributed by atoms with E-state index in [1.165, 1.54) is 0 Å². The van der Waals surface area contributed by atoms with E-state index in [1.807, 2.05) is 19.0 Å². The maximum Gasteiger partial charge on any atom is 0.243 e. The summed E-state index contributed by atoms with van der Waals surface area (Å²) in [6, 6.07) is 0. The van der Waals surface area contributed by atoms with Gasteiger partial charge in [-0.1, -0.05) is 0 Å². The van der Waals surface area contributed by atoms with Crippen molar-refractivity contribution in [2.45, 2.75) is 38.9 Å². The molecule has 0 unspecified atom stereocenters. The standard InChI is InChI=1S/C13H25N7O/c1-12(2)7-20(8-13(3,4)21-12)11-16-9(18-14)15-10(17-11)19(5)6/h7-8,14H2,1-6H3,(H,15,16,17,18). The van der Waals surface area contributed by atoms with Crippen LogP contribution in [0.25, 0.3) is 0 Å². The van der Waals surface area contributed by atoms with E-state index >= 15 is 0 Å². The number of nitrogens with one attached hydrogen (secondary N) is 1. The zero-order chi connectivity index (χ0) is 15.8. The Labute approximate surface area is 125 Å². The number of rotatable bonds is 3. The Bertz CT molecular complexity index is 499. The molecule has 0 aliphatic carbocycles. The van der Waals surface area contributed by atoms with Gasteiger partial charge in [0.1, 0.15) is 0 Å². The summed E-state index contributed by atoms with van der Waals surface area (Å²) in [6.45, 7) is 9.68. The molecular formula is C13H25N7O. The zero-order valence-electron chi connectivity index (χ0n) is 13.6. The molecule has 1 aliphatic heterocycles. The largest absolute Gasteiger partial charge is 0.366 e. The summed E-state index contributed by atoms with van der Waals surface area (Å²) in [7, 11) is 3.76. The molecule has 0 aromatic carbocycles. The summed E-state index contributed by atoms with van der Waals surface area (Å²) < 4.78 is 6.08. The molecule has 8 heteroatoms. The molecule has 0 saturated carbocycles. The fraction of sp³-hybridized carbons (Fsp3) is 0.769. The van der Waals surface area contributed by atoms with E-state index in [2.05, 4.69) is 53.0 Å². The molecule has 118 valence electrons. The van der Waals surface area contributed by atoms with Crippen LogP contribution >= 0.6 is 0 Å². The number of morpholine rings is 1. The van der Waals surface area contributed by atoms with Gasteiger partial charge in [-0.2, -0.15) is 15.0 Å². The lowest BCUT2D eigenvalue weighted by molar-refractivity contribution is -0.133. The summed E-state index contributed by atoms with van der Waals surface area (Å²) in [5.41, 5.74) is 1.95. The third kappa shape index (κ3) is 3.70. The molecule has 2 heterocycles. The number of aromatic nitrogens is 3. The Morgan fingerprint density at radius 3 is 2.14 bits per heavy atom. The highest BCUT2D eigenvalue weighted by molar-refractivity contribution is 5.45. The van der Waals surface area contributed by atoms with Crippen molar-refractivity contribution in [2.75, 3.05) is 42.4 Å². The topological polar surface area (TPSA) is 92.4 Å². The van der Waals surface area contributed by atoms with Crippen molar-refractivity contribution in [1.29, 1.82) is 0 Å². The van der Waals surface area contributed by atoms with E-state index in [1.54, 1.807) is 0 Å². The third-order valence-electron chi connectivity index (χ3n) is 3.12. The summed E-state index contributed by atoms with van der Waals surface area (Å²) in [6.07, 6.45) is 0. The number of nitrogens with zero attached hydrogens (tertiary/aromatic N) is 5. The highest BCUT2D eigenvalue weighted by atomic mass is 16.5. The van der Waals surface area contributed by atoms with E-state index in [4.69, 9.17) is 10.6 Å². The molecule has 0 atom stereocenters. The van der Waals surface area contributed by atoms with Crippen LogP contribution in [0, 0.1) is 0 Å². The van der Waals surface area contributed by atoms with Gasteiger partial charge >= 0.3 is 0 Å². The number of nitrogens with two attached hydrogens (primary N) is 1. The van der Waals surface area contributed by atoms with Gasteiger partial charge in [0.05, 0.1) is 11.2 Å². The van der Waals surface area contributed by atoms with E-state index in [0.717, 1.165) is 0 Å². The minimum atomic E-state index is -0.275. The van der Waals surface area contributed by atoms with Crippen LogP contribution in [-0.4, -0.2) is 53.3 Å². The van der Waals surface area contributed by atoms with Gasteiger partial charge in [0.2, 0.25) is 17.8 Å². The van der Waals surface area contributed by atoms with Crippen molar-refractivity contribution in [2.24, 2.45) is 5.84 Å². The molecule has 1 aromatic heterocycles. The molecule has 0 radical (unpaired) electrons. The van der Waals surface area contributed by atoms with Gasteiger partial charge in [0, 0.05) is 27.2 Å². The number of anilines is 3. The van der Waals surface area contributed by atoms with Crippen LogP contribution in [0.15, 0.2) is 0 Å². The predicted octanol–water partition coefficient (Wildman–Crippen LogP) is 0.617. The smallest absolute Gasteiger partial charge is 0.243 e. The Hall–Kier alpha value is -1.67. The maximum atomic E-state index is 6.08. The molecule has 1 aromatic rings. The van der Waals surface area contributed by atoms with Crippen molar-refractivity contribution >= 4 is 17.8 Å². The van der Waals surface area contributed by atoms with Crippen molar-refractivity contribution in [3.8, 4) is 0 Å². The number of hydrazine groups is 1. The van der Waals surface area contributed by atoms with Crippen LogP contribution < -0.4 is 21.1 Å². The van der Waals surface area contributed by atoms with Gasteiger partial charge in [-0.3, -0.25) is 5.43 Å². The first-order valence-electron chi connectivity index (χ1n) is 6.97. The lowest BCUT2D eigenvalue weighted by Crippen LogP contribution is -2.57. The number of nitrogen functional groups attached to an aromatic ring is 1. The van der Waals surface area contributed by atoms with Gasteiger partial charge in [-0.15, -0.1) is 0 Å². The fourth-order valence-electron chi connectivity index (χ4n) is 2.69. The predicted molar refractivity (Wildman–Crippen MR) is 83.4 cm³/mol.